The predicted molar refractivity (Wildman–Crippen MR) is 62.1 cm³/mol. The Morgan fingerprint density at radius 3 is 2.62 bits per heavy atom. The summed E-state index contributed by atoms with van der Waals surface area (Å²) in [7, 11) is 0. The number of nitro groups is 1. The summed E-state index contributed by atoms with van der Waals surface area (Å²) in [6.07, 6.45) is 2.88. The van der Waals surface area contributed by atoms with Crippen molar-refractivity contribution in [3.05, 3.63) is 39.9 Å². The van der Waals surface area contributed by atoms with Crippen molar-refractivity contribution in [2.45, 2.75) is 32.2 Å². The minimum Gasteiger partial charge on any atom is -0.327 e. The van der Waals surface area contributed by atoms with E-state index in [2.05, 4.69) is 0 Å². The molecule has 0 radical (unpaired) electrons. The summed E-state index contributed by atoms with van der Waals surface area (Å²) >= 11 is 0. The van der Waals surface area contributed by atoms with Crippen molar-refractivity contribution in [2.24, 2.45) is 11.1 Å². The van der Waals surface area contributed by atoms with Crippen LogP contribution in [0.15, 0.2) is 24.3 Å². The molecule has 2 N–H and O–H groups in total. The van der Waals surface area contributed by atoms with Crippen LogP contribution in [0.25, 0.3) is 0 Å². The predicted octanol–water partition coefficient (Wildman–Crippen LogP) is 2.26. The van der Waals surface area contributed by atoms with Gasteiger partial charge in [-0.2, -0.15) is 0 Å². The van der Waals surface area contributed by atoms with Gasteiger partial charge in [-0.25, -0.2) is 0 Å². The van der Waals surface area contributed by atoms with Crippen LogP contribution in [0, 0.1) is 15.5 Å². The van der Waals surface area contributed by atoms with Gasteiger partial charge in [0.05, 0.1) is 4.92 Å². The second kappa shape index (κ2) is 3.87. The van der Waals surface area contributed by atoms with E-state index in [-0.39, 0.29) is 22.1 Å². The van der Waals surface area contributed by atoms with Gasteiger partial charge in [-0.3, -0.25) is 10.1 Å². The van der Waals surface area contributed by atoms with E-state index in [9.17, 15) is 10.1 Å². The van der Waals surface area contributed by atoms with Crippen LogP contribution in [0.1, 0.15) is 25.3 Å². The zero-order chi connectivity index (χ0) is 11.8. The lowest BCUT2D eigenvalue weighted by molar-refractivity contribution is -0.385. The molecule has 2 rings (SSSR count). The van der Waals surface area contributed by atoms with Gasteiger partial charge in [0.15, 0.2) is 0 Å². The van der Waals surface area contributed by atoms with Gasteiger partial charge in [-0.15, -0.1) is 0 Å². The summed E-state index contributed by atoms with van der Waals surface area (Å²) in [5.74, 6) is 0. The maximum atomic E-state index is 10.9. The van der Waals surface area contributed by atoms with Gasteiger partial charge in [0.1, 0.15) is 0 Å². The number of nitrogens with zero attached hydrogens (tertiary/aromatic N) is 1. The minimum absolute atomic E-state index is 0.103. The van der Waals surface area contributed by atoms with Crippen LogP contribution >= 0.6 is 0 Å². The summed E-state index contributed by atoms with van der Waals surface area (Å²) in [4.78, 5) is 10.6. The van der Waals surface area contributed by atoms with E-state index in [1.165, 1.54) is 0 Å². The first-order valence-electron chi connectivity index (χ1n) is 5.53. The van der Waals surface area contributed by atoms with Gasteiger partial charge in [0.25, 0.3) is 5.69 Å². The molecule has 1 aliphatic carbocycles. The van der Waals surface area contributed by atoms with Crippen LogP contribution in [0.3, 0.4) is 0 Å². The molecular weight excluding hydrogens is 204 g/mol. The molecule has 0 amide bonds. The fourth-order valence-electron chi connectivity index (χ4n) is 2.17. The highest BCUT2D eigenvalue weighted by molar-refractivity contribution is 5.41. The third-order valence-corrected chi connectivity index (χ3v) is 3.59. The summed E-state index contributed by atoms with van der Waals surface area (Å²) in [5, 5.41) is 10.9. The van der Waals surface area contributed by atoms with E-state index in [0.29, 0.717) is 0 Å². The zero-order valence-electron chi connectivity index (χ0n) is 9.35. The first kappa shape index (κ1) is 11.1. The Labute approximate surface area is 94.6 Å². The maximum absolute atomic E-state index is 10.9. The number of rotatable bonds is 4. The van der Waals surface area contributed by atoms with Crippen molar-refractivity contribution >= 4 is 5.69 Å². The maximum Gasteiger partial charge on any atom is 0.272 e. The van der Waals surface area contributed by atoms with Gasteiger partial charge >= 0.3 is 0 Å². The molecule has 0 aliphatic heterocycles. The number of benzene rings is 1. The molecule has 86 valence electrons. The molecule has 1 fully saturated rings. The molecule has 4 heteroatoms. The third kappa shape index (κ3) is 1.93. The molecule has 0 bridgehead atoms. The molecule has 1 aromatic carbocycles. The van der Waals surface area contributed by atoms with Crippen molar-refractivity contribution < 1.29 is 4.92 Å². The highest BCUT2D eigenvalue weighted by Crippen LogP contribution is 2.51. The van der Waals surface area contributed by atoms with E-state index < -0.39 is 0 Å². The third-order valence-electron chi connectivity index (χ3n) is 3.59. The van der Waals surface area contributed by atoms with Crippen LogP contribution in [0.4, 0.5) is 5.69 Å². The Morgan fingerprint density at radius 2 is 2.12 bits per heavy atom. The number of hydrogen-bond acceptors (Lipinski definition) is 3. The Morgan fingerprint density at radius 1 is 1.50 bits per heavy atom. The molecule has 1 aromatic rings. The molecule has 0 saturated heterocycles. The summed E-state index contributed by atoms with van der Waals surface area (Å²) in [6.45, 7) is 1.99. The van der Waals surface area contributed by atoms with Crippen molar-refractivity contribution in [1.29, 1.82) is 0 Å². The topological polar surface area (TPSA) is 69.2 Å². The van der Waals surface area contributed by atoms with Gasteiger partial charge in [-0.1, -0.05) is 18.2 Å². The highest BCUT2D eigenvalue weighted by atomic mass is 16.6. The Kier molecular flexibility index (Phi) is 2.68. The molecule has 0 spiro atoms. The smallest absolute Gasteiger partial charge is 0.272 e. The van der Waals surface area contributed by atoms with Gasteiger partial charge in [0, 0.05) is 17.7 Å². The summed E-state index contributed by atoms with van der Waals surface area (Å²) in [5.41, 5.74) is 7.06. The molecule has 1 atom stereocenters. The highest BCUT2D eigenvalue weighted by Gasteiger charge is 2.46. The van der Waals surface area contributed by atoms with E-state index in [1.54, 1.807) is 12.1 Å². The molecular formula is C12H16N2O2. The normalized spacial score (nSPS) is 19.1. The Hall–Kier alpha value is -1.42. The zero-order valence-corrected chi connectivity index (χ0v) is 9.35. The van der Waals surface area contributed by atoms with Gasteiger partial charge in [0.2, 0.25) is 0 Å². The Balaban J connectivity index is 2.25. The average Bonchev–Trinajstić information content (AvgIpc) is 2.99. The fraction of sp³-hybridized carbons (Fsp3) is 0.500. The van der Waals surface area contributed by atoms with E-state index in [1.807, 2.05) is 19.1 Å². The van der Waals surface area contributed by atoms with Crippen molar-refractivity contribution in [1.82, 2.24) is 0 Å². The molecule has 1 unspecified atom stereocenters. The minimum atomic E-state index is -0.313. The van der Waals surface area contributed by atoms with E-state index in [4.69, 9.17) is 5.73 Å². The lowest BCUT2D eigenvalue weighted by Crippen LogP contribution is -2.30. The fourth-order valence-corrected chi connectivity index (χ4v) is 2.17. The van der Waals surface area contributed by atoms with E-state index in [0.717, 1.165) is 24.8 Å². The molecule has 0 aromatic heterocycles. The second-order valence-electron chi connectivity index (χ2n) is 4.71. The van der Waals surface area contributed by atoms with Crippen molar-refractivity contribution in [3.8, 4) is 0 Å². The largest absolute Gasteiger partial charge is 0.327 e. The first-order valence-corrected chi connectivity index (χ1v) is 5.53. The number of nitrogens with two attached hydrogens (primary N) is 1. The van der Waals surface area contributed by atoms with Crippen LogP contribution in [0.5, 0.6) is 0 Å². The molecule has 1 aliphatic rings. The Bertz CT molecular complexity index is 411. The first-order chi connectivity index (χ1) is 7.55. The van der Waals surface area contributed by atoms with Crippen LogP contribution in [-0.4, -0.2) is 11.0 Å². The van der Waals surface area contributed by atoms with Crippen LogP contribution in [0.2, 0.25) is 0 Å². The standard InChI is InChI=1S/C12H16N2O2/c1-9(13)12(6-7-12)8-10-4-2-3-5-11(10)14(15)16/h2-5,9H,6-8,13H2,1H3. The SMILES string of the molecule is CC(N)C1(Cc2ccccc2[N+](=O)[O-])CC1. The monoisotopic (exact) mass is 220 g/mol. The van der Waals surface area contributed by atoms with Crippen LogP contribution < -0.4 is 5.73 Å². The van der Waals surface area contributed by atoms with Gasteiger partial charge < -0.3 is 5.73 Å². The van der Waals surface area contributed by atoms with Gasteiger partial charge in [-0.05, 0) is 31.6 Å². The molecule has 16 heavy (non-hydrogen) atoms. The number of para-hydroxylation sites is 1. The van der Waals surface area contributed by atoms with Crippen molar-refractivity contribution in [2.75, 3.05) is 0 Å². The lowest BCUT2D eigenvalue weighted by atomic mass is 9.90. The quantitative estimate of drug-likeness (QED) is 0.625. The van der Waals surface area contributed by atoms with Crippen molar-refractivity contribution in [3.63, 3.8) is 0 Å². The number of nitro benzene ring substituents is 1. The summed E-state index contributed by atoms with van der Waals surface area (Å²) < 4.78 is 0. The van der Waals surface area contributed by atoms with E-state index >= 15 is 0 Å². The average molecular weight is 220 g/mol. The molecule has 0 heterocycles. The second-order valence-corrected chi connectivity index (χ2v) is 4.71. The summed E-state index contributed by atoms with van der Waals surface area (Å²) in [6, 6.07) is 7.05. The lowest BCUT2D eigenvalue weighted by Gasteiger charge is -2.19. The molecule has 1 saturated carbocycles. The molecule has 4 nitrogen and oxygen atoms in total. The van der Waals surface area contributed by atoms with Crippen LogP contribution in [-0.2, 0) is 6.42 Å². The number of hydrogen-bond donors (Lipinski definition) is 1.